The minimum Gasteiger partial charge on any atom is -0.398 e. The Hall–Kier alpha value is -1.84. The first-order chi connectivity index (χ1) is 9.34. The average Bonchev–Trinajstić information content (AvgIpc) is 3.08. The zero-order valence-electron chi connectivity index (χ0n) is 11.1. The molecule has 0 aliphatic heterocycles. The molecular formula is C15H20N4. The summed E-state index contributed by atoms with van der Waals surface area (Å²) in [5.41, 5.74) is 8.83. The number of imidazole rings is 1. The Balaban J connectivity index is 1.76. The zero-order chi connectivity index (χ0) is 13.1. The molecule has 0 amide bonds. The minimum atomic E-state index is 0.762. The highest BCUT2D eigenvalue weighted by molar-refractivity contribution is 5.72. The van der Waals surface area contributed by atoms with Gasteiger partial charge in [0.1, 0.15) is 0 Å². The van der Waals surface area contributed by atoms with Crippen LogP contribution in [-0.2, 0) is 6.54 Å². The van der Waals surface area contributed by atoms with Crippen molar-refractivity contribution in [1.29, 1.82) is 0 Å². The molecule has 2 aromatic rings. The molecule has 0 radical (unpaired) electrons. The molecule has 2 heterocycles. The van der Waals surface area contributed by atoms with Crippen molar-refractivity contribution in [3.05, 3.63) is 31.0 Å². The van der Waals surface area contributed by atoms with E-state index < -0.39 is 0 Å². The van der Waals surface area contributed by atoms with Gasteiger partial charge in [-0.2, -0.15) is 0 Å². The molecule has 0 bridgehead atoms. The summed E-state index contributed by atoms with van der Waals surface area (Å²) in [6.07, 6.45) is 14.1. The summed E-state index contributed by atoms with van der Waals surface area (Å²) in [6, 6.07) is 1.84. The first-order valence-corrected chi connectivity index (χ1v) is 7.04. The molecule has 19 heavy (non-hydrogen) atoms. The van der Waals surface area contributed by atoms with E-state index in [-0.39, 0.29) is 0 Å². The third-order valence-corrected chi connectivity index (χ3v) is 4.10. The van der Waals surface area contributed by atoms with Crippen LogP contribution in [0, 0.1) is 5.92 Å². The Kier molecular flexibility index (Phi) is 3.49. The van der Waals surface area contributed by atoms with Gasteiger partial charge in [-0.15, -0.1) is 0 Å². The van der Waals surface area contributed by atoms with Crippen LogP contribution < -0.4 is 5.73 Å². The molecule has 0 aromatic carbocycles. The third kappa shape index (κ3) is 2.62. The molecule has 2 aromatic heterocycles. The van der Waals surface area contributed by atoms with Crippen molar-refractivity contribution in [2.75, 3.05) is 5.73 Å². The van der Waals surface area contributed by atoms with E-state index in [2.05, 4.69) is 14.5 Å². The number of hydrogen-bond donors (Lipinski definition) is 1. The minimum absolute atomic E-state index is 0.762. The van der Waals surface area contributed by atoms with E-state index in [0.717, 1.165) is 29.4 Å². The molecule has 1 aliphatic rings. The summed E-state index contributed by atoms with van der Waals surface area (Å²) in [7, 11) is 0. The molecule has 0 unspecified atom stereocenters. The van der Waals surface area contributed by atoms with E-state index in [1.165, 1.54) is 32.1 Å². The van der Waals surface area contributed by atoms with Gasteiger partial charge >= 0.3 is 0 Å². The summed E-state index contributed by atoms with van der Waals surface area (Å²) in [5.74, 6) is 0.890. The number of nitrogen functional groups attached to an aromatic ring is 1. The number of rotatable bonds is 4. The van der Waals surface area contributed by atoms with E-state index in [1.54, 1.807) is 6.20 Å². The van der Waals surface area contributed by atoms with Crippen LogP contribution in [0.2, 0.25) is 0 Å². The second kappa shape index (κ2) is 5.43. The summed E-state index contributed by atoms with van der Waals surface area (Å²) < 4.78 is 2.20. The van der Waals surface area contributed by atoms with Crippen LogP contribution in [0.1, 0.15) is 32.1 Å². The quantitative estimate of drug-likeness (QED) is 0.914. The molecule has 2 N–H and O–H groups in total. The van der Waals surface area contributed by atoms with Crippen molar-refractivity contribution in [3.63, 3.8) is 0 Å². The Labute approximate surface area is 113 Å². The van der Waals surface area contributed by atoms with E-state index in [0.29, 0.717) is 0 Å². The van der Waals surface area contributed by atoms with E-state index in [1.807, 2.05) is 24.8 Å². The second-order valence-electron chi connectivity index (χ2n) is 5.37. The maximum absolute atomic E-state index is 6.02. The number of aromatic nitrogens is 3. The Morgan fingerprint density at radius 1 is 1.21 bits per heavy atom. The molecule has 0 saturated heterocycles. The van der Waals surface area contributed by atoms with Gasteiger partial charge < -0.3 is 10.3 Å². The lowest BCUT2D eigenvalue weighted by molar-refractivity contribution is 0.459. The Morgan fingerprint density at radius 3 is 2.84 bits per heavy atom. The van der Waals surface area contributed by atoms with Gasteiger partial charge in [0.2, 0.25) is 0 Å². The number of nitrogens with two attached hydrogens (primary N) is 1. The lowest BCUT2D eigenvalue weighted by Gasteiger charge is -2.12. The van der Waals surface area contributed by atoms with E-state index >= 15 is 0 Å². The van der Waals surface area contributed by atoms with Crippen LogP contribution in [0.15, 0.2) is 31.0 Å². The normalized spacial score (nSPS) is 16.0. The second-order valence-corrected chi connectivity index (χ2v) is 5.37. The number of anilines is 1. The lowest BCUT2D eigenvalue weighted by Crippen LogP contribution is -2.05. The van der Waals surface area contributed by atoms with Crippen molar-refractivity contribution in [3.8, 4) is 11.3 Å². The molecular weight excluding hydrogens is 236 g/mol. The molecule has 1 saturated carbocycles. The summed E-state index contributed by atoms with van der Waals surface area (Å²) in [4.78, 5) is 8.42. The molecule has 1 fully saturated rings. The van der Waals surface area contributed by atoms with E-state index in [4.69, 9.17) is 5.73 Å². The fraction of sp³-hybridized carbons (Fsp3) is 0.467. The SMILES string of the molecule is Nc1ccncc1-c1cncn1CCC1CCCC1. The van der Waals surface area contributed by atoms with Crippen LogP contribution >= 0.6 is 0 Å². The number of pyridine rings is 1. The topological polar surface area (TPSA) is 56.7 Å². The molecule has 4 nitrogen and oxygen atoms in total. The van der Waals surface area contributed by atoms with Crippen molar-refractivity contribution < 1.29 is 0 Å². The fourth-order valence-electron chi connectivity index (χ4n) is 2.96. The molecule has 100 valence electrons. The largest absolute Gasteiger partial charge is 0.398 e. The first-order valence-electron chi connectivity index (χ1n) is 7.04. The van der Waals surface area contributed by atoms with Crippen LogP contribution in [0.3, 0.4) is 0 Å². The highest BCUT2D eigenvalue weighted by Crippen LogP contribution is 2.29. The fourth-order valence-corrected chi connectivity index (χ4v) is 2.96. The van der Waals surface area contributed by atoms with Crippen molar-refractivity contribution in [1.82, 2.24) is 14.5 Å². The maximum atomic E-state index is 6.02. The van der Waals surface area contributed by atoms with Crippen LogP contribution in [0.5, 0.6) is 0 Å². The molecule has 0 atom stereocenters. The van der Waals surface area contributed by atoms with Gasteiger partial charge in [0.15, 0.2) is 0 Å². The Bertz CT molecular complexity index is 541. The molecule has 1 aliphatic carbocycles. The first kappa shape index (κ1) is 12.2. The lowest BCUT2D eigenvalue weighted by atomic mass is 10.0. The third-order valence-electron chi connectivity index (χ3n) is 4.10. The van der Waals surface area contributed by atoms with Crippen molar-refractivity contribution in [2.24, 2.45) is 5.92 Å². The van der Waals surface area contributed by atoms with Gasteiger partial charge in [-0.3, -0.25) is 4.98 Å². The number of hydrogen-bond acceptors (Lipinski definition) is 3. The van der Waals surface area contributed by atoms with Gasteiger partial charge in [0.05, 0.1) is 18.2 Å². The summed E-state index contributed by atoms with van der Waals surface area (Å²) >= 11 is 0. The summed E-state index contributed by atoms with van der Waals surface area (Å²) in [6.45, 7) is 1.02. The smallest absolute Gasteiger partial charge is 0.0950 e. The molecule has 0 spiro atoms. The molecule has 4 heteroatoms. The Morgan fingerprint density at radius 2 is 2.05 bits per heavy atom. The van der Waals surface area contributed by atoms with Crippen LogP contribution in [0.4, 0.5) is 5.69 Å². The van der Waals surface area contributed by atoms with E-state index in [9.17, 15) is 0 Å². The highest BCUT2D eigenvalue weighted by atomic mass is 15.0. The number of nitrogens with zero attached hydrogens (tertiary/aromatic N) is 3. The zero-order valence-corrected chi connectivity index (χ0v) is 11.1. The molecule has 3 rings (SSSR count). The van der Waals surface area contributed by atoms with Gasteiger partial charge in [-0.1, -0.05) is 25.7 Å². The number of aryl methyl sites for hydroxylation is 1. The van der Waals surface area contributed by atoms with Crippen LogP contribution in [0.25, 0.3) is 11.3 Å². The standard InChI is InChI=1S/C15H20N4/c16-14-5-7-17-9-13(14)15-10-18-11-19(15)8-6-12-3-1-2-4-12/h5,7,9-12H,1-4,6,8H2,(H2,16,17). The summed E-state index contributed by atoms with van der Waals surface area (Å²) in [5, 5.41) is 0. The van der Waals surface area contributed by atoms with Gasteiger partial charge in [0.25, 0.3) is 0 Å². The predicted molar refractivity (Wildman–Crippen MR) is 76.4 cm³/mol. The maximum Gasteiger partial charge on any atom is 0.0950 e. The van der Waals surface area contributed by atoms with Gasteiger partial charge in [-0.05, 0) is 18.4 Å². The predicted octanol–water partition coefficient (Wildman–Crippen LogP) is 3.11. The monoisotopic (exact) mass is 256 g/mol. The van der Waals surface area contributed by atoms with Crippen LogP contribution in [-0.4, -0.2) is 14.5 Å². The van der Waals surface area contributed by atoms with Gasteiger partial charge in [-0.25, -0.2) is 4.98 Å². The van der Waals surface area contributed by atoms with Gasteiger partial charge in [0, 0.05) is 30.2 Å². The highest BCUT2D eigenvalue weighted by Gasteiger charge is 2.16. The van der Waals surface area contributed by atoms with Crippen molar-refractivity contribution in [2.45, 2.75) is 38.6 Å². The average molecular weight is 256 g/mol. The van der Waals surface area contributed by atoms with Crippen molar-refractivity contribution >= 4 is 5.69 Å².